The fourth-order valence-electron chi connectivity index (χ4n) is 1.70. The third-order valence-electron chi connectivity index (χ3n) is 2.90. The molecule has 0 aliphatic heterocycles. The van der Waals surface area contributed by atoms with E-state index in [-0.39, 0.29) is 23.0 Å². The van der Waals surface area contributed by atoms with Crippen LogP contribution in [0.1, 0.15) is 22.8 Å². The average molecular weight is 347 g/mol. The van der Waals surface area contributed by atoms with Crippen molar-refractivity contribution in [3.63, 3.8) is 0 Å². The van der Waals surface area contributed by atoms with Crippen LogP contribution in [0.4, 0.5) is 0 Å². The standard InChI is InChI=1S/C13H12N3O.C5H5.Fe/c1-10(11-4-2-3-5-11)15-16-13(17)12-6-8-14-9-7-12;1-2-4-5-3-1;/h2-9H,1H3,(H,16,17);1-5H;/q2*-1;+2. The Bertz CT molecular complexity index is 672. The van der Waals surface area contributed by atoms with Crippen LogP contribution in [-0.2, 0) is 17.1 Å². The Morgan fingerprint density at radius 3 is 2.26 bits per heavy atom. The molecule has 1 heterocycles. The zero-order valence-electron chi connectivity index (χ0n) is 12.7. The normalized spacial score (nSPS) is 10.0. The molecule has 0 radical (unpaired) electrons. The largest absolute Gasteiger partial charge is 2.00 e. The van der Waals surface area contributed by atoms with E-state index in [0.29, 0.717) is 5.56 Å². The Morgan fingerprint density at radius 2 is 1.74 bits per heavy atom. The Hall–Kier alpha value is -2.49. The minimum Gasteiger partial charge on any atom is -0.267 e. The van der Waals surface area contributed by atoms with E-state index in [9.17, 15) is 4.79 Å². The van der Waals surface area contributed by atoms with Gasteiger partial charge >= 0.3 is 17.1 Å². The first-order chi connectivity index (χ1) is 10.8. The van der Waals surface area contributed by atoms with Crippen molar-refractivity contribution >= 4 is 11.6 Å². The summed E-state index contributed by atoms with van der Waals surface area (Å²) in [6.45, 7) is 1.85. The SMILES string of the molecule is CC(=NNC(=O)c1ccncc1)[c-]1cccc1.[Fe+2].c1cc[cH-]c1. The Morgan fingerprint density at radius 1 is 1.13 bits per heavy atom. The molecule has 1 N–H and O–H groups in total. The fraction of sp³-hybridized carbons (Fsp3) is 0.0556. The second-order valence-electron chi connectivity index (χ2n) is 4.51. The molecule has 5 heteroatoms. The van der Waals surface area contributed by atoms with Crippen LogP contribution in [0.25, 0.3) is 0 Å². The Balaban J connectivity index is 0.000000377. The second-order valence-corrected chi connectivity index (χ2v) is 4.51. The van der Waals surface area contributed by atoms with E-state index < -0.39 is 0 Å². The van der Waals surface area contributed by atoms with Crippen LogP contribution < -0.4 is 5.43 Å². The number of nitrogens with zero attached hydrogens (tertiary/aromatic N) is 2. The first kappa shape index (κ1) is 18.6. The van der Waals surface area contributed by atoms with Gasteiger partial charge in [-0.25, -0.2) is 29.7 Å². The number of aromatic nitrogens is 1. The van der Waals surface area contributed by atoms with Crippen molar-refractivity contribution in [2.24, 2.45) is 5.10 Å². The smallest absolute Gasteiger partial charge is 0.267 e. The van der Waals surface area contributed by atoms with Crippen molar-refractivity contribution in [2.75, 3.05) is 0 Å². The van der Waals surface area contributed by atoms with Crippen molar-refractivity contribution in [3.8, 4) is 0 Å². The number of hydrazone groups is 1. The summed E-state index contributed by atoms with van der Waals surface area (Å²) in [5, 5.41) is 4.04. The van der Waals surface area contributed by atoms with Crippen LogP contribution in [0, 0.1) is 0 Å². The van der Waals surface area contributed by atoms with Gasteiger partial charge in [0.05, 0.1) is 0 Å². The summed E-state index contributed by atoms with van der Waals surface area (Å²) >= 11 is 0. The van der Waals surface area contributed by atoms with Crippen molar-refractivity contribution in [2.45, 2.75) is 6.92 Å². The third-order valence-corrected chi connectivity index (χ3v) is 2.90. The molecule has 0 spiro atoms. The number of pyridine rings is 1. The molecule has 4 nitrogen and oxygen atoms in total. The summed E-state index contributed by atoms with van der Waals surface area (Å²) in [6, 6.07) is 21.0. The van der Waals surface area contributed by atoms with E-state index in [1.54, 1.807) is 24.5 Å². The third kappa shape index (κ3) is 6.43. The summed E-state index contributed by atoms with van der Waals surface area (Å²) in [4.78, 5) is 15.5. The topological polar surface area (TPSA) is 54.4 Å². The molecule has 0 unspecified atom stereocenters. The molecule has 0 aliphatic rings. The molecule has 3 rings (SSSR count). The van der Waals surface area contributed by atoms with Crippen molar-refractivity contribution < 1.29 is 21.9 Å². The monoisotopic (exact) mass is 347 g/mol. The van der Waals surface area contributed by atoms with Crippen molar-refractivity contribution in [3.05, 3.63) is 90.3 Å². The van der Waals surface area contributed by atoms with Crippen LogP contribution in [0.5, 0.6) is 0 Å². The number of carbonyl (C=O) groups excluding carboxylic acids is 1. The summed E-state index contributed by atoms with van der Waals surface area (Å²) in [5.41, 5.74) is 4.82. The number of nitrogens with one attached hydrogen (secondary N) is 1. The van der Waals surface area contributed by atoms with Gasteiger partial charge in [-0.2, -0.15) is 35.4 Å². The number of amides is 1. The summed E-state index contributed by atoms with van der Waals surface area (Å²) in [7, 11) is 0. The summed E-state index contributed by atoms with van der Waals surface area (Å²) in [5.74, 6) is -0.238. The molecule has 3 aromatic rings. The Labute approximate surface area is 146 Å². The molecular weight excluding hydrogens is 330 g/mol. The average Bonchev–Trinajstić information content (AvgIpc) is 3.28. The van der Waals surface area contributed by atoms with Gasteiger partial charge < -0.3 is 0 Å². The number of carbonyl (C=O) groups is 1. The van der Waals surface area contributed by atoms with Gasteiger partial charge in [-0.05, 0) is 19.1 Å². The van der Waals surface area contributed by atoms with E-state index >= 15 is 0 Å². The number of hydrogen-bond acceptors (Lipinski definition) is 3. The zero-order chi connectivity index (χ0) is 15.6. The Kier molecular flexibility index (Phi) is 8.29. The van der Waals surface area contributed by atoms with Gasteiger partial charge in [0.1, 0.15) is 0 Å². The summed E-state index contributed by atoms with van der Waals surface area (Å²) < 4.78 is 0. The van der Waals surface area contributed by atoms with E-state index in [4.69, 9.17) is 0 Å². The van der Waals surface area contributed by atoms with Gasteiger partial charge in [0.25, 0.3) is 5.91 Å². The molecule has 0 saturated carbocycles. The number of rotatable bonds is 3. The molecule has 0 atom stereocenters. The minimum atomic E-state index is -0.238. The maximum atomic E-state index is 11.7. The van der Waals surface area contributed by atoms with Crippen molar-refractivity contribution in [1.82, 2.24) is 10.4 Å². The van der Waals surface area contributed by atoms with Crippen LogP contribution in [0.15, 0.2) is 84.2 Å². The van der Waals surface area contributed by atoms with E-state index in [1.165, 1.54) is 0 Å². The molecule has 0 aliphatic carbocycles. The molecule has 0 saturated heterocycles. The van der Waals surface area contributed by atoms with Crippen LogP contribution in [0.2, 0.25) is 0 Å². The van der Waals surface area contributed by atoms with Gasteiger partial charge in [-0.3, -0.25) is 9.78 Å². The molecule has 1 amide bonds. The second kappa shape index (κ2) is 10.3. The van der Waals surface area contributed by atoms with Gasteiger partial charge in [-0.15, -0.1) is 5.56 Å². The minimum absolute atomic E-state index is 0. The maximum Gasteiger partial charge on any atom is 2.00 e. The summed E-state index contributed by atoms with van der Waals surface area (Å²) in [6.07, 6.45) is 3.14. The molecular formula is C18H17FeN3O. The first-order valence-electron chi connectivity index (χ1n) is 6.91. The molecule has 2 aromatic carbocycles. The number of hydrogen-bond donors (Lipinski definition) is 1. The molecule has 0 bridgehead atoms. The van der Waals surface area contributed by atoms with E-state index in [2.05, 4.69) is 15.5 Å². The van der Waals surface area contributed by atoms with Gasteiger partial charge in [0.2, 0.25) is 0 Å². The van der Waals surface area contributed by atoms with E-state index in [0.717, 1.165) is 11.3 Å². The first-order valence-corrected chi connectivity index (χ1v) is 6.91. The molecule has 23 heavy (non-hydrogen) atoms. The van der Waals surface area contributed by atoms with Crippen LogP contribution in [-0.4, -0.2) is 16.6 Å². The predicted molar refractivity (Wildman–Crippen MR) is 88.0 cm³/mol. The molecule has 0 fully saturated rings. The zero-order valence-corrected chi connectivity index (χ0v) is 13.8. The maximum absolute atomic E-state index is 11.7. The van der Waals surface area contributed by atoms with Gasteiger partial charge in [0, 0.05) is 23.7 Å². The van der Waals surface area contributed by atoms with E-state index in [1.807, 2.05) is 61.5 Å². The van der Waals surface area contributed by atoms with Crippen LogP contribution >= 0.6 is 0 Å². The van der Waals surface area contributed by atoms with Gasteiger partial charge in [0.15, 0.2) is 0 Å². The van der Waals surface area contributed by atoms with Crippen LogP contribution in [0.3, 0.4) is 0 Å². The predicted octanol–water partition coefficient (Wildman–Crippen LogP) is 3.36. The molecule has 118 valence electrons. The quantitative estimate of drug-likeness (QED) is 0.342. The fourth-order valence-corrected chi connectivity index (χ4v) is 1.70. The molecule has 1 aromatic heterocycles. The van der Waals surface area contributed by atoms with Crippen molar-refractivity contribution in [1.29, 1.82) is 0 Å². The van der Waals surface area contributed by atoms with Gasteiger partial charge in [-0.1, -0.05) is 0 Å².